The number of hydrogen-bond acceptors (Lipinski definition) is 4. The molecule has 1 aromatic rings. The van der Waals surface area contributed by atoms with Gasteiger partial charge in [0.2, 0.25) is 0 Å². The average Bonchev–Trinajstić information content (AvgIpc) is 2.84. The second-order valence-corrected chi connectivity index (χ2v) is 6.32. The lowest BCUT2D eigenvalue weighted by molar-refractivity contribution is 0.00977. The van der Waals surface area contributed by atoms with Gasteiger partial charge in [-0.05, 0) is 43.1 Å². The minimum Gasteiger partial charge on any atom is -0.497 e. The topological polar surface area (TPSA) is 35.9 Å². The van der Waals surface area contributed by atoms with Crippen LogP contribution in [0.2, 0.25) is 0 Å². The number of benzene rings is 1. The monoisotopic (exact) mass is 290 g/mol. The molecule has 0 radical (unpaired) electrons. The van der Waals surface area contributed by atoms with E-state index in [0.29, 0.717) is 6.04 Å². The van der Waals surface area contributed by atoms with Gasteiger partial charge in [-0.2, -0.15) is 0 Å². The van der Waals surface area contributed by atoms with Crippen LogP contribution in [0.4, 0.5) is 0 Å². The SMILES string of the molecule is CCC1CN(C2Cc3ccc(OC)cc3C2O)CCN1C. The Labute approximate surface area is 127 Å². The van der Waals surface area contributed by atoms with Gasteiger partial charge in [0.1, 0.15) is 5.75 Å². The maximum atomic E-state index is 10.7. The maximum Gasteiger partial charge on any atom is 0.119 e. The second-order valence-electron chi connectivity index (χ2n) is 6.32. The normalized spacial score (nSPS) is 30.4. The summed E-state index contributed by atoms with van der Waals surface area (Å²) >= 11 is 0. The molecule has 3 unspecified atom stereocenters. The number of methoxy groups -OCH3 is 1. The number of piperazine rings is 1. The lowest BCUT2D eigenvalue weighted by atomic mass is 10.0. The average molecular weight is 290 g/mol. The summed E-state index contributed by atoms with van der Waals surface area (Å²) in [6, 6.07) is 6.91. The van der Waals surface area contributed by atoms with E-state index in [4.69, 9.17) is 4.74 Å². The molecule has 3 rings (SSSR count). The molecule has 1 aromatic carbocycles. The standard InChI is InChI=1S/C17H26N2O2/c1-4-13-11-19(8-7-18(13)2)16-9-12-5-6-14(21-3)10-15(12)17(16)20/h5-6,10,13,16-17,20H,4,7-9,11H2,1-3H3. The third kappa shape index (κ3) is 2.68. The first-order valence-electron chi connectivity index (χ1n) is 7.93. The molecule has 2 aliphatic rings. The van der Waals surface area contributed by atoms with Gasteiger partial charge in [0.15, 0.2) is 0 Å². The number of aliphatic hydroxyl groups is 1. The van der Waals surface area contributed by atoms with Crippen LogP contribution < -0.4 is 4.74 Å². The Bertz CT molecular complexity index is 506. The number of likely N-dealkylation sites (N-methyl/N-ethyl adjacent to an activating group) is 1. The fourth-order valence-corrected chi connectivity index (χ4v) is 3.75. The lowest BCUT2D eigenvalue weighted by Crippen LogP contribution is -2.55. The first-order chi connectivity index (χ1) is 10.1. The molecule has 1 saturated heterocycles. The molecule has 1 N–H and O–H groups in total. The highest BCUT2D eigenvalue weighted by molar-refractivity contribution is 5.41. The van der Waals surface area contributed by atoms with Gasteiger partial charge in [-0.3, -0.25) is 4.90 Å². The fraction of sp³-hybridized carbons (Fsp3) is 0.647. The number of nitrogens with zero attached hydrogens (tertiary/aromatic N) is 2. The molecule has 21 heavy (non-hydrogen) atoms. The van der Waals surface area contributed by atoms with Crippen molar-refractivity contribution in [2.45, 2.75) is 38.0 Å². The summed E-state index contributed by atoms with van der Waals surface area (Å²) in [4.78, 5) is 4.92. The smallest absolute Gasteiger partial charge is 0.119 e. The molecule has 0 spiro atoms. The van der Waals surface area contributed by atoms with Crippen molar-refractivity contribution in [2.24, 2.45) is 0 Å². The zero-order valence-electron chi connectivity index (χ0n) is 13.2. The number of hydrogen-bond donors (Lipinski definition) is 1. The van der Waals surface area contributed by atoms with Crippen molar-refractivity contribution >= 4 is 0 Å². The van der Waals surface area contributed by atoms with E-state index in [2.05, 4.69) is 29.8 Å². The van der Waals surface area contributed by atoms with Gasteiger partial charge >= 0.3 is 0 Å². The van der Waals surface area contributed by atoms with Crippen molar-refractivity contribution in [3.8, 4) is 5.75 Å². The molecule has 1 aliphatic carbocycles. The molecule has 116 valence electrons. The summed E-state index contributed by atoms with van der Waals surface area (Å²) < 4.78 is 5.29. The van der Waals surface area contributed by atoms with E-state index in [1.54, 1.807) is 7.11 Å². The Morgan fingerprint density at radius 3 is 2.86 bits per heavy atom. The Balaban J connectivity index is 1.76. The highest BCUT2D eigenvalue weighted by Gasteiger charge is 2.37. The van der Waals surface area contributed by atoms with Crippen molar-refractivity contribution in [1.82, 2.24) is 9.80 Å². The van der Waals surface area contributed by atoms with Crippen LogP contribution in [0.3, 0.4) is 0 Å². The molecule has 0 bridgehead atoms. The molecule has 0 amide bonds. The number of fused-ring (bicyclic) bond motifs is 1. The molecule has 4 heteroatoms. The van der Waals surface area contributed by atoms with E-state index >= 15 is 0 Å². The van der Waals surface area contributed by atoms with Gasteiger partial charge in [-0.25, -0.2) is 0 Å². The first-order valence-corrected chi connectivity index (χ1v) is 7.93. The maximum absolute atomic E-state index is 10.7. The van der Waals surface area contributed by atoms with E-state index in [-0.39, 0.29) is 6.04 Å². The third-order valence-corrected chi connectivity index (χ3v) is 5.21. The number of aliphatic hydroxyl groups excluding tert-OH is 1. The van der Waals surface area contributed by atoms with E-state index in [9.17, 15) is 5.11 Å². The zero-order valence-corrected chi connectivity index (χ0v) is 13.2. The van der Waals surface area contributed by atoms with Crippen LogP contribution in [0.15, 0.2) is 18.2 Å². The van der Waals surface area contributed by atoms with Gasteiger partial charge in [0.05, 0.1) is 13.2 Å². The van der Waals surface area contributed by atoms with Crippen LogP contribution in [0, 0.1) is 0 Å². The van der Waals surface area contributed by atoms with Crippen LogP contribution in [0.5, 0.6) is 5.75 Å². The largest absolute Gasteiger partial charge is 0.497 e. The van der Waals surface area contributed by atoms with Gasteiger partial charge in [-0.15, -0.1) is 0 Å². The number of rotatable bonds is 3. The molecule has 3 atom stereocenters. The summed E-state index contributed by atoms with van der Waals surface area (Å²) in [5.74, 6) is 0.832. The summed E-state index contributed by atoms with van der Waals surface area (Å²) in [5.41, 5.74) is 2.31. The number of ether oxygens (including phenoxy) is 1. The summed E-state index contributed by atoms with van der Waals surface area (Å²) in [6.45, 7) is 5.43. The van der Waals surface area contributed by atoms with Gasteiger partial charge < -0.3 is 14.7 Å². The second kappa shape index (κ2) is 5.95. The Hall–Kier alpha value is -1.10. The zero-order chi connectivity index (χ0) is 15.0. The summed E-state index contributed by atoms with van der Waals surface area (Å²) in [6.07, 6.45) is 1.72. The van der Waals surface area contributed by atoms with Crippen LogP contribution in [0.1, 0.15) is 30.6 Å². The molecule has 1 aliphatic heterocycles. The summed E-state index contributed by atoms with van der Waals surface area (Å²) in [5, 5.41) is 10.7. The first kappa shape index (κ1) is 14.8. The third-order valence-electron chi connectivity index (χ3n) is 5.21. The van der Waals surface area contributed by atoms with Crippen molar-refractivity contribution < 1.29 is 9.84 Å². The van der Waals surface area contributed by atoms with E-state index in [1.165, 1.54) is 5.56 Å². The van der Waals surface area contributed by atoms with Crippen LogP contribution >= 0.6 is 0 Å². The van der Waals surface area contributed by atoms with Gasteiger partial charge in [-0.1, -0.05) is 13.0 Å². The fourth-order valence-electron chi connectivity index (χ4n) is 3.75. The predicted octanol–water partition coefficient (Wildman–Crippen LogP) is 1.68. The Morgan fingerprint density at radius 1 is 1.33 bits per heavy atom. The quantitative estimate of drug-likeness (QED) is 0.919. The molecule has 1 fully saturated rings. The van der Waals surface area contributed by atoms with Crippen LogP contribution in [0.25, 0.3) is 0 Å². The minimum absolute atomic E-state index is 0.217. The molecule has 4 nitrogen and oxygen atoms in total. The molecule has 0 saturated carbocycles. The highest BCUT2D eigenvalue weighted by Crippen LogP contribution is 2.37. The Kier molecular flexibility index (Phi) is 4.20. The minimum atomic E-state index is -0.393. The molecule has 1 heterocycles. The molecular weight excluding hydrogens is 264 g/mol. The Morgan fingerprint density at radius 2 is 2.14 bits per heavy atom. The van der Waals surface area contributed by atoms with Crippen LogP contribution in [-0.4, -0.2) is 60.8 Å². The van der Waals surface area contributed by atoms with Crippen molar-refractivity contribution in [2.75, 3.05) is 33.8 Å². The van der Waals surface area contributed by atoms with Gasteiger partial charge in [0, 0.05) is 31.7 Å². The van der Waals surface area contributed by atoms with E-state index in [1.807, 2.05) is 12.1 Å². The van der Waals surface area contributed by atoms with E-state index in [0.717, 1.165) is 43.8 Å². The van der Waals surface area contributed by atoms with Gasteiger partial charge in [0.25, 0.3) is 0 Å². The molecular formula is C17H26N2O2. The summed E-state index contributed by atoms with van der Waals surface area (Å²) in [7, 11) is 3.88. The van der Waals surface area contributed by atoms with Crippen molar-refractivity contribution in [3.05, 3.63) is 29.3 Å². The molecule has 0 aromatic heterocycles. The highest BCUT2D eigenvalue weighted by atomic mass is 16.5. The predicted molar refractivity (Wildman–Crippen MR) is 83.7 cm³/mol. The van der Waals surface area contributed by atoms with Crippen molar-refractivity contribution in [1.29, 1.82) is 0 Å². The lowest BCUT2D eigenvalue weighted by Gasteiger charge is -2.42. The van der Waals surface area contributed by atoms with Crippen LogP contribution in [-0.2, 0) is 6.42 Å². The van der Waals surface area contributed by atoms with Crippen molar-refractivity contribution in [3.63, 3.8) is 0 Å². The van der Waals surface area contributed by atoms with E-state index < -0.39 is 6.10 Å².